The van der Waals surface area contributed by atoms with Crippen LogP contribution in [0.1, 0.15) is 26.7 Å². The Morgan fingerprint density at radius 1 is 1.36 bits per heavy atom. The monoisotopic (exact) mass is 212 g/mol. The average Bonchev–Trinajstić information content (AvgIpc) is 2.19. The minimum atomic E-state index is 0.467. The number of rotatable bonds is 4. The largest absolute Gasteiger partial charge is 0.399 e. The fourth-order valence-corrected chi connectivity index (χ4v) is 1.54. The summed E-state index contributed by atoms with van der Waals surface area (Å²) in [4.78, 5) is 0. The lowest BCUT2D eigenvalue weighted by Crippen LogP contribution is -2.17. The van der Waals surface area contributed by atoms with Gasteiger partial charge in [-0.25, -0.2) is 0 Å². The molecule has 0 aromatic heterocycles. The van der Waals surface area contributed by atoms with Crippen LogP contribution >= 0.6 is 11.6 Å². The van der Waals surface area contributed by atoms with Crippen molar-refractivity contribution in [1.82, 2.24) is 0 Å². The topological polar surface area (TPSA) is 38.0 Å². The predicted octanol–water partition coefficient (Wildman–Crippen LogP) is 3.52. The Kier molecular flexibility index (Phi) is 4.08. The van der Waals surface area contributed by atoms with Crippen LogP contribution in [0.2, 0.25) is 5.02 Å². The highest BCUT2D eigenvalue weighted by Crippen LogP contribution is 2.25. The average molecular weight is 213 g/mol. The first-order chi connectivity index (χ1) is 6.67. The molecular weight excluding hydrogens is 196 g/mol. The standard InChI is InChI=1S/C11H17ClN2/c1-3-9(4-2)14-11-7-8(13)5-6-10(11)12/h5-7,9,14H,3-4,13H2,1-2H3. The van der Waals surface area contributed by atoms with Gasteiger partial charge < -0.3 is 11.1 Å². The maximum absolute atomic E-state index is 6.04. The highest BCUT2D eigenvalue weighted by atomic mass is 35.5. The van der Waals surface area contributed by atoms with Gasteiger partial charge in [-0.2, -0.15) is 0 Å². The van der Waals surface area contributed by atoms with Crippen molar-refractivity contribution in [2.75, 3.05) is 11.1 Å². The van der Waals surface area contributed by atoms with E-state index in [1.807, 2.05) is 12.1 Å². The molecule has 0 heterocycles. The minimum Gasteiger partial charge on any atom is -0.399 e. The van der Waals surface area contributed by atoms with Gasteiger partial charge in [-0.15, -0.1) is 0 Å². The van der Waals surface area contributed by atoms with E-state index in [1.165, 1.54) is 0 Å². The van der Waals surface area contributed by atoms with Gasteiger partial charge >= 0.3 is 0 Å². The van der Waals surface area contributed by atoms with Crippen LogP contribution in [0.5, 0.6) is 0 Å². The van der Waals surface area contributed by atoms with Crippen molar-refractivity contribution < 1.29 is 0 Å². The third-order valence-corrected chi connectivity index (χ3v) is 2.67. The van der Waals surface area contributed by atoms with Crippen LogP contribution in [0.3, 0.4) is 0 Å². The molecule has 0 aliphatic rings. The van der Waals surface area contributed by atoms with Crippen molar-refractivity contribution in [2.24, 2.45) is 0 Å². The molecule has 3 N–H and O–H groups in total. The molecule has 0 spiro atoms. The maximum atomic E-state index is 6.04. The first-order valence-electron chi connectivity index (χ1n) is 4.99. The number of halogens is 1. The van der Waals surface area contributed by atoms with Crippen LogP contribution in [-0.4, -0.2) is 6.04 Å². The molecule has 0 aliphatic heterocycles. The van der Waals surface area contributed by atoms with Crippen molar-refractivity contribution in [2.45, 2.75) is 32.7 Å². The number of nitrogens with one attached hydrogen (secondary N) is 1. The highest BCUT2D eigenvalue weighted by molar-refractivity contribution is 6.33. The Morgan fingerprint density at radius 2 is 2.00 bits per heavy atom. The molecule has 0 atom stereocenters. The summed E-state index contributed by atoms with van der Waals surface area (Å²) in [5, 5.41) is 4.10. The molecule has 0 amide bonds. The van der Waals surface area contributed by atoms with Crippen molar-refractivity contribution in [3.05, 3.63) is 23.2 Å². The lowest BCUT2D eigenvalue weighted by Gasteiger charge is -2.17. The van der Waals surface area contributed by atoms with E-state index in [1.54, 1.807) is 6.07 Å². The van der Waals surface area contributed by atoms with Gasteiger partial charge in [0.1, 0.15) is 0 Å². The third kappa shape index (κ3) is 2.81. The van der Waals surface area contributed by atoms with Crippen LogP contribution in [0.15, 0.2) is 18.2 Å². The summed E-state index contributed by atoms with van der Waals surface area (Å²) in [6.07, 6.45) is 2.17. The molecule has 0 unspecified atom stereocenters. The van der Waals surface area contributed by atoms with Gasteiger partial charge in [0.05, 0.1) is 10.7 Å². The quantitative estimate of drug-likeness (QED) is 0.750. The molecule has 0 fully saturated rings. The molecule has 1 aromatic rings. The second-order valence-corrected chi connectivity index (χ2v) is 3.80. The lowest BCUT2D eigenvalue weighted by atomic mass is 10.1. The van der Waals surface area contributed by atoms with Gasteiger partial charge in [-0.1, -0.05) is 25.4 Å². The van der Waals surface area contributed by atoms with E-state index in [0.717, 1.165) is 29.2 Å². The molecule has 78 valence electrons. The third-order valence-electron chi connectivity index (χ3n) is 2.34. The fourth-order valence-electron chi connectivity index (χ4n) is 1.37. The zero-order valence-electron chi connectivity index (χ0n) is 8.68. The summed E-state index contributed by atoms with van der Waals surface area (Å²) in [6, 6.07) is 5.97. The molecule has 0 saturated heterocycles. The van der Waals surface area contributed by atoms with Crippen LogP contribution in [-0.2, 0) is 0 Å². The second kappa shape index (κ2) is 5.11. The molecule has 14 heavy (non-hydrogen) atoms. The summed E-state index contributed by atoms with van der Waals surface area (Å²) < 4.78 is 0. The van der Waals surface area contributed by atoms with Crippen LogP contribution in [0.25, 0.3) is 0 Å². The Bertz CT molecular complexity index is 295. The van der Waals surface area contributed by atoms with E-state index in [0.29, 0.717) is 6.04 Å². The summed E-state index contributed by atoms with van der Waals surface area (Å²) in [7, 11) is 0. The highest BCUT2D eigenvalue weighted by Gasteiger charge is 2.06. The van der Waals surface area contributed by atoms with Gasteiger partial charge in [0.2, 0.25) is 0 Å². The molecule has 1 aromatic carbocycles. The normalized spacial score (nSPS) is 10.6. The van der Waals surface area contributed by atoms with Crippen molar-refractivity contribution in [3.8, 4) is 0 Å². The minimum absolute atomic E-state index is 0.467. The van der Waals surface area contributed by atoms with Gasteiger partial charge in [0.25, 0.3) is 0 Å². The van der Waals surface area contributed by atoms with Crippen LogP contribution < -0.4 is 11.1 Å². The summed E-state index contributed by atoms with van der Waals surface area (Å²) in [5.41, 5.74) is 7.36. The number of anilines is 2. The van der Waals surface area contributed by atoms with Gasteiger partial charge in [-0.05, 0) is 31.0 Å². The van der Waals surface area contributed by atoms with Crippen molar-refractivity contribution in [3.63, 3.8) is 0 Å². The van der Waals surface area contributed by atoms with Gasteiger partial charge in [0, 0.05) is 11.7 Å². The van der Waals surface area contributed by atoms with E-state index < -0.39 is 0 Å². The number of benzene rings is 1. The molecule has 1 rings (SSSR count). The van der Waals surface area contributed by atoms with E-state index in [4.69, 9.17) is 17.3 Å². The molecule has 0 radical (unpaired) electrons. The fraction of sp³-hybridized carbons (Fsp3) is 0.455. The second-order valence-electron chi connectivity index (χ2n) is 3.40. The van der Waals surface area contributed by atoms with E-state index >= 15 is 0 Å². The molecule has 0 bridgehead atoms. The van der Waals surface area contributed by atoms with E-state index in [9.17, 15) is 0 Å². The maximum Gasteiger partial charge on any atom is 0.0639 e. The Morgan fingerprint density at radius 3 is 2.57 bits per heavy atom. The summed E-state index contributed by atoms with van der Waals surface area (Å²) in [5.74, 6) is 0. The molecular formula is C11H17ClN2. The molecule has 0 saturated carbocycles. The number of nitrogen functional groups attached to an aromatic ring is 1. The molecule has 3 heteroatoms. The van der Waals surface area contributed by atoms with Crippen molar-refractivity contribution in [1.29, 1.82) is 0 Å². The zero-order chi connectivity index (χ0) is 10.6. The first-order valence-corrected chi connectivity index (χ1v) is 5.36. The summed E-state index contributed by atoms with van der Waals surface area (Å²) in [6.45, 7) is 4.31. The van der Waals surface area contributed by atoms with Gasteiger partial charge in [-0.3, -0.25) is 0 Å². The number of hydrogen-bond donors (Lipinski definition) is 2. The van der Waals surface area contributed by atoms with E-state index in [2.05, 4.69) is 19.2 Å². The smallest absolute Gasteiger partial charge is 0.0639 e. The zero-order valence-corrected chi connectivity index (χ0v) is 9.43. The van der Waals surface area contributed by atoms with Crippen LogP contribution in [0, 0.1) is 0 Å². The Labute approximate surface area is 90.4 Å². The van der Waals surface area contributed by atoms with Crippen molar-refractivity contribution >= 4 is 23.0 Å². The Hall–Kier alpha value is -0.890. The first kappa shape index (κ1) is 11.2. The van der Waals surface area contributed by atoms with Crippen LogP contribution in [0.4, 0.5) is 11.4 Å². The lowest BCUT2D eigenvalue weighted by molar-refractivity contribution is 0.672. The Balaban J connectivity index is 2.79. The van der Waals surface area contributed by atoms with E-state index in [-0.39, 0.29) is 0 Å². The molecule has 0 aliphatic carbocycles. The summed E-state index contributed by atoms with van der Waals surface area (Å²) >= 11 is 6.04. The SMILES string of the molecule is CCC(CC)Nc1cc(N)ccc1Cl. The number of nitrogens with two attached hydrogens (primary N) is 1. The number of hydrogen-bond acceptors (Lipinski definition) is 2. The predicted molar refractivity (Wildman–Crippen MR) is 63.9 cm³/mol. The molecule has 2 nitrogen and oxygen atoms in total. The van der Waals surface area contributed by atoms with Gasteiger partial charge in [0.15, 0.2) is 0 Å².